The number of nitrogens with one attached hydrogen (secondary N) is 2. The monoisotopic (exact) mass is 413 g/mol. The molecule has 0 bridgehead atoms. The van der Waals surface area contributed by atoms with Crippen LogP contribution in [0.5, 0.6) is 0 Å². The summed E-state index contributed by atoms with van der Waals surface area (Å²) < 4.78 is 25.8. The van der Waals surface area contributed by atoms with Crippen LogP contribution in [0.3, 0.4) is 0 Å². The van der Waals surface area contributed by atoms with Gasteiger partial charge in [0.2, 0.25) is 15.9 Å². The summed E-state index contributed by atoms with van der Waals surface area (Å²) in [5, 5.41) is 2.63. The molecule has 0 fully saturated rings. The van der Waals surface area contributed by atoms with Gasteiger partial charge in [0.15, 0.2) is 0 Å². The lowest BCUT2D eigenvalue weighted by Crippen LogP contribution is -2.50. The topological polar surface area (TPSA) is 101 Å². The Labute approximate surface area is 145 Å². The van der Waals surface area contributed by atoms with E-state index in [9.17, 15) is 13.2 Å². The van der Waals surface area contributed by atoms with Crippen LogP contribution in [0, 0.1) is 0 Å². The smallest absolute Gasteiger partial charge is 0.244 e. The normalized spacial score (nSPS) is 13.8. The maximum absolute atomic E-state index is 12.1. The van der Waals surface area contributed by atoms with E-state index in [-0.39, 0.29) is 37.2 Å². The highest BCUT2D eigenvalue weighted by Crippen LogP contribution is 2.20. The SMILES string of the molecule is CCS(=O)(=O)NCCNC(=O)C(C)(N)c1ccc(Br)cc1.Cl. The van der Waals surface area contributed by atoms with Crippen LogP contribution in [0.25, 0.3) is 0 Å². The van der Waals surface area contributed by atoms with Crippen LogP contribution in [0.2, 0.25) is 0 Å². The minimum Gasteiger partial charge on any atom is -0.353 e. The summed E-state index contributed by atoms with van der Waals surface area (Å²) in [5.41, 5.74) is 5.56. The third-order valence-corrected chi connectivity index (χ3v) is 4.96. The Bertz CT molecular complexity index is 591. The number of hydrogen-bond donors (Lipinski definition) is 3. The molecule has 0 aliphatic heterocycles. The maximum atomic E-state index is 12.1. The number of carbonyl (C=O) groups is 1. The summed E-state index contributed by atoms with van der Waals surface area (Å²) in [6.07, 6.45) is 0. The standard InChI is InChI=1S/C13H20BrN3O3S.ClH/c1-3-21(19,20)17-9-8-16-12(18)13(2,15)10-4-6-11(14)7-5-10;/h4-7,17H,3,8-9,15H2,1-2H3,(H,16,18);1H. The Kier molecular flexibility index (Phi) is 8.56. The molecule has 0 aliphatic rings. The molecule has 0 radical (unpaired) electrons. The molecule has 1 aromatic carbocycles. The van der Waals surface area contributed by atoms with E-state index < -0.39 is 15.6 Å². The van der Waals surface area contributed by atoms with Crippen LogP contribution >= 0.6 is 28.3 Å². The second-order valence-electron chi connectivity index (χ2n) is 4.76. The van der Waals surface area contributed by atoms with Crippen molar-refractivity contribution in [2.45, 2.75) is 19.4 Å². The quantitative estimate of drug-likeness (QED) is 0.582. The Morgan fingerprint density at radius 2 is 1.82 bits per heavy atom. The lowest BCUT2D eigenvalue weighted by Gasteiger charge is -2.24. The molecule has 0 saturated carbocycles. The van der Waals surface area contributed by atoms with Crippen molar-refractivity contribution in [3.8, 4) is 0 Å². The molecule has 126 valence electrons. The zero-order valence-electron chi connectivity index (χ0n) is 12.4. The van der Waals surface area contributed by atoms with E-state index in [0.29, 0.717) is 5.56 Å². The highest BCUT2D eigenvalue weighted by atomic mass is 79.9. The molecule has 0 saturated heterocycles. The first-order valence-corrected chi connectivity index (χ1v) is 8.94. The van der Waals surface area contributed by atoms with Gasteiger partial charge < -0.3 is 11.1 Å². The molecule has 6 nitrogen and oxygen atoms in total. The lowest BCUT2D eigenvalue weighted by molar-refractivity contribution is -0.126. The first-order chi connectivity index (χ1) is 9.69. The minimum absolute atomic E-state index is 0. The molecule has 1 atom stereocenters. The molecular weight excluding hydrogens is 394 g/mol. The molecule has 9 heteroatoms. The van der Waals surface area contributed by atoms with Crippen molar-refractivity contribution in [3.05, 3.63) is 34.3 Å². The first kappa shape index (κ1) is 21.3. The molecule has 1 amide bonds. The van der Waals surface area contributed by atoms with Gasteiger partial charge >= 0.3 is 0 Å². The first-order valence-electron chi connectivity index (χ1n) is 6.49. The highest BCUT2D eigenvalue weighted by Gasteiger charge is 2.30. The summed E-state index contributed by atoms with van der Waals surface area (Å²) in [6.45, 7) is 3.48. The van der Waals surface area contributed by atoms with E-state index in [2.05, 4.69) is 26.0 Å². The molecule has 0 heterocycles. The van der Waals surface area contributed by atoms with Crippen LogP contribution in [-0.2, 0) is 20.4 Å². The summed E-state index contributed by atoms with van der Waals surface area (Å²) in [5.74, 6) is -0.352. The fraction of sp³-hybridized carbons (Fsp3) is 0.462. The second kappa shape index (κ2) is 8.83. The van der Waals surface area contributed by atoms with Gasteiger partial charge in [0, 0.05) is 17.6 Å². The van der Waals surface area contributed by atoms with Gasteiger partial charge in [0.05, 0.1) is 5.75 Å². The van der Waals surface area contributed by atoms with Crippen molar-refractivity contribution in [1.82, 2.24) is 10.0 Å². The zero-order valence-corrected chi connectivity index (χ0v) is 15.6. The van der Waals surface area contributed by atoms with Gasteiger partial charge in [-0.3, -0.25) is 4.79 Å². The van der Waals surface area contributed by atoms with Crippen molar-refractivity contribution in [2.75, 3.05) is 18.8 Å². The zero-order chi connectivity index (χ0) is 16.1. The number of benzene rings is 1. The van der Waals surface area contributed by atoms with Gasteiger partial charge in [-0.15, -0.1) is 12.4 Å². The van der Waals surface area contributed by atoms with Gasteiger partial charge in [-0.2, -0.15) is 0 Å². The van der Waals surface area contributed by atoms with Crippen LogP contribution in [0.4, 0.5) is 0 Å². The van der Waals surface area contributed by atoms with Crippen LogP contribution in [-0.4, -0.2) is 33.2 Å². The third kappa shape index (κ3) is 6.21. The Balaban J connectivity index is 0.00000441. The molecule has 0 spiro atoms. The predicted molar refractivity (Wildman–Crippen MR) is 93.4 cm³/mol. The van der Waals surface area contributed by atoms with Gasteiger partial charge in [-0.1, -0.05) is 28.1 Å². The Morgan fingerprint density at radius 3 is 2.32 bits per heavy atom. The summed E-state index contributed by atoms with van der Waals surface area (Å²) >= 11 is 3.32. The lowest BCUT2D eigenvalue weighted by atomic mass is 9.92. The summed E-state index contributed by atoms with van der Waals surface area (Å²) in [7, 11) is -3.25. The highest BCUT2D eigenvalue weighted by molar-refractivity contribution is 9.10. The second-order valence-corrected chi connectivity index (χ2v) is 7.77. The largest absolute Gasteiger partial charge is 0.353 e. The van der Waals surface area contributed by atoms with E-state index in [4.69, 9.17) is 5.73 Å². The average Bonchev–Trinajstić information content (AvgIpc) is 2.43. The predicted octanol–water partition coefficient (Wildman–Crippen LogP) is 1.10. The molecular formula is C13H21BrClN3O3S. The Morgan fingerprint density at radius 1 is 1.27 bits per heavy atom. The number of nitrogens with two attached hydrogens (primary N) is 1. The van der Waals surface area contributed by atoms with Crippen molar-refractivity contribution in [2.24, 2.45) is 5.73 Å². The molecule has 1 unspecified atom stereocenters. The molecule has 0 aliphatic carbocycles. The van der Waals surface area contributed by atoms with E-state index in [0.717, 1.165) is 4.47 Å². The molecule has 22 heavy (non-hydrogen) atoms. The van der Waals surface area contributed by atoms with Crippen LogP contribution in [0.1, 0.15) is 19.4 Å². The van der Waals surface area contributed by atoms with Crippen molar-refractivity contribution in [3.63, 3.8) is 0 Å². The van der Waals surface area contributed by atoms with Crippen molar-refractivity contribution >= 4 is 44.3 Å². The maximum Gasteiger partial charge on any atom is 0.244 e. The number of rotatable bonds is 7. The van der Waals surface area contributed by atoms with E-state index in [1.54, 1.807) is 26.0 Å². The minimum atomic E-state index is -3.25. The van der Waals surface area contributed by atoms with Crippen LogP contribution in [0.15, 0.2) is 28.7 Å². The summed E-state index contributed by atoms with van der Waals surface area (Å²) in [4.78, 5) is 12.1. The molecule has 4 N–H and O–H groups in total. The molecule has 0 aromatic heterocycles. The number of sulfonamides is 1. The van der Waals surface area contributed by atoms with E-state index >= 15 is 0 Å². The van der Waals surface area contributed by atoms with E-state index in [1.807, 2.05) is 12.1 Å². The van der Waals surface area contributed by atoms with Gasteiger partial charge in [-0.25, -0.2) is 13.1 Å². The fourth-order valence-corrected chi connectivity index (χ4v) is 2.48. The van der Waals surface area contributed by atoms with E-state index in [1.165, 1.54) is 0 Å². The van der Waals surface area contributed by atoms with Crippen LogP contribution < -0.4 is 15.8 Å². The van der Waals surface area contributed by atoms with Crippen molar-refractivity contribution < 1.29 is 13.2 Å². The Hall–Kier alpha value is -0.670. The fourth-order valence-electron chi connectivity index (χ4n) is 1.60. The molecule has 1 rings (SSSR count). The molecule has 1 aromatic rings. The third-order valence-electron chi connectivity index (χ3n) is 3.03. The average molecular weight is 415 g/mol. The number of hydrogen-bond acceptors (Lipinski definition) is 4. The number of halogens is 2. The van der Waals surface area contributed by atoms with Gasteiger partial charge in [-0.05, 0) is 31.5 Å². The van der Waals surface area contributed by atoms with Gasteiger partial charge in [0.25, 0.3) is 0 Å². The number of carbonyl (C=O) groups excluding carboxylic acids is 1. The van der Waals surface area contributed by atoms with Crippen molar-refractivity contribution in [1.29, 1.82) is 0 Å². The number of amides is 1. The summed E-state index contributed by atoms with van der Waals surface area (Å²) in [6, 6.07) is 7.15. The van der Waals surface area contributed by atoms with Gasteiger partial charge in [0.1, 0.15) is 5.54 Å².